The smallest absolute Gasteiger partial charge is 0.156 e. The molecule has 1 aromatic heterocycles. The van der Waals surface area contributed by atoms with Gasteiger partial charge >= 0.3 is 0 Å². The van der Waals surface area contributed by atoms with Gasteiger partial charge in [-0.2, -0.15) is 5.10 Å². The molecule has 1 aliphatic rings. The van der Waals surface area contributed by atoms with Gasteiger partial charge in [-0.05, 0) is 18.9 Å². The molecule has 0 fully saturated rings. The minimum absolute atomic E-state index is 0.689. The molecule has 94 valence electrons. The summed E-state index contributed by atoms with van der Waals surface area (Å²) in [6, 6.07) is 0. The maximum absolute atomic E-state index is 4.51. The summed E-state index contributed by atoms with van der Waals surface area (Å²) in [7, 11) is 0. The number of thioether (sulfide) groups is 1. The van der Waals surface area contributed by atoms with Crippen molar-refractivity contribution in [2.75, 3.05) is 13.1 Å². The monoisotopic (exact) mass is 252 g/mol. The number of hydrogen-bond acceptors (Lipinski definition) is 4. The largest absolute Gasteiger partial charge is 0.363 e. The van der Waals surface area contributed by atoms with Gasteiger partial charge in [0.1, 0.15) is 0 Å². The molecule has 1 unspecified atom stereocenters. The van der Waals surface area contributed by atoms with Crippen molar-refractivity contribution in [2.24, 2.45) is 4.99 Å². The van der Waals surface area contributed by atoms with Crippen molar-refractivity contribution in [1.82, 2.24) is 15.1 Å². The zero-order valence-corrected chi connectivity index (χ0v) is 11.3. The van der Waals surface area contributed by atoms with E-state index in [9.17, 15) is 0 Å². The lowest BCUT2D eigenvalue weighted by molar-refractivity contribution is 0.604. The number of rotatable bonds is 5. The van der Waals surface area contributed by atoms with Crippen LogP contribution in [0.2, 0.25) is 0 Å². The average molecular weight is 252 g/mol. The third-order valence-electron chi connectivity index (χ3n) is 2.71. The molecule has 0 amide bonds. The Hall–Kier alpha value is -0.970. The predicted octanol–water partition coefficient (Wildman–Crippen LogP) is 2.05. The fraction of sp³-hybridized carbons (Fsp3) is 0.667. The van der Waals surface area contributed by atoms with E-state index >= 15 is 0 Å². The Bertz CT molecular complexity index is 386. The number of aryl methyl sites for hydroxylation is 1. The summed E-state index contributed by atoms with van der Waals surface area (Å²) in [5, 5.41) is 9.43. The standard InChI is InChI=1S/C12H20N4S/c1-3-4-11-8-14-12(17-11)13-5-6-16-9-10(2)7-15-16/h7,9,11H,3-6,8H2,1-2H3,(H,13,14). The van der Waals surface area contributed by atoms with E-state index < -0.39 is 0 Å². The van der Waals surface area contributed by atoms with Crippen LogP contribution in [0.3, 0.4) is 0 Å². The van der Waals surface area contributed by atoms with Gasteiger partial charge in [0.15, 0.2) is 5.17 Å². The molecule has 0 bridgehead atoms. The van der Waals surface area contributed by atoms with Crippen molar-refractivity contribution in [3.8, 4) is 0 Å². The number of nitrogens with one attached hydrogen (secondary N) is 1. The molecular weight excluding hydrogens is 232 g/mol. The van der Waals surface area contributed by atoms with Crippen LogP contribution in [0.15, 0.2) is 17.4 Å². The fourth-order valence-electron chi connectivity index (χ4n) is 1.85. The van der Waals surface area contributed by atoms with E-state index in [2.05, 4.69) is 35.5 Å². The van der Waals surface area contributed by atoms with Crippen LogP contribution in [0.5, 0.6) is 0 Å². The molecule has 1 aromatic rings. The molecule has 0 saturated carbocycles. The first-order valence-electron chi connectivity index (χ1n) is 6.22. The molecule has 0 aromatic carbocycles. The Morgan fingerprint density at radius 3 is 3.18 bits per heavy atom. The minimum atomic E-state index is 0.689. The molecule has 2 rings (SSSR count). The minimum Gasteiger partial charge on any atom is -0.363 e. The van der Waals surface area contributed by atoms with Gasteiger partial charge in [-0.3, -0.25) is 9.67 Å². The molecule has 0 radical (unpaired) electrons. The highest BCUT2D eigenvalue weighted by atomic mass is 32.2. The van der Waals surface area contributed by atoms with Crippen LogP contribution in [0.4, 0.5) is 0 Å². The molecule has 0 spiro atoms. The van der Waals surface area contributed by atoms with E-state index in [-0.39, 0.29) is 0 Å². The predicted molar refractivity (Wildman–Crippen MR) is 73.6 cm³/mol. The molecule has 5 heteroatoms. The summed E-state index contributed by atoms with van der Waals surface area (Å²) >= 11 is 1.88. The number of hydrogen-bond donors (Lipinski definition) is 1. The molecule has 2 heterocycles. The van der Waals surface area contributed by atoms with Gasteiger partial charge in [-0.15, -0.1) is 0 Å². The highest BCUT2D eigenvalue weighted by Gasteiger charge is 2.17. The molecule has 1 atom stereocenters. The van der Waals surface area contributed by atoms with Crippen LogP contribution in [0.1, 0.15) is 25.3 Å². The molecular formula is C12H20N4S. The zero-order valence-electron chi connectivity index (χ0n) is 10.5. The van der Waals surface area contributed by atoms with Gasteiger partial charge in [0, 0.05) is 18.0 Å². The summed E-state index contributed by atoms with van der Waals surface area (Å²) in [5.41, 5.74) is 1.21. The van der Waals surface area contributed by atoms with Crippen molar-refractivity contribution < 1.29 is 0 Å². The van der Waals surface area contributed by atoms with Gasteiger partial charge in [-0.25, -0.2) is 0 Å². The second-order valence-electron chi connectivity index (χ2n) is 4.38. The van der Waals surface area contributed by atoms with E-state index in [1.807, 2.05) is 22.6 Å². The van der Waals surface area contributed by atoms with Crippen LogP contribution in [-0.2, 0) is 6.54 Å². The van der Waals surface area contributed by atoms with Crippen molar-refractivity contribution in [3.05, 3.63) is 18.0 Å². The van der Waals surface area contributed by atoms with E-state index in [0.717, 1.165) is 24.8 Å². The zero-order chi connectivity index (χ0) is 12.1. The Balaban J connectivity index is 1.66. The van der Waals surface area contributed by atoms with Crippen molar-refractivity contribution in [2.45, 2.75) is 38.5 Å². The van der Waals surface area contributed by atoms with Crippen molar-refractivity contribution >= 4 is 16.9 Å². The molecule has 0 aliphatic carbocycles. The first-order chi connectivity index (χ1) is 8.28. The topological polar surface area (TPSA) is 42.2 Å². The summed E-state index contributed by atoms with van der Waals surface area (Å²) in [4.78, 5) is 4.51. The van der Waals surface area contributed by atoms with E-state index in [1.54, 1.807) is 0 Å². The Morgan fingerprint density at radius 1 is 1.59 bits per heavy atom. The van der Waals surface area contributed by atoms with Gasteiger partial charge < -0.3 is 5.32 Å². The maximum atomic E-state index is 4.51. The van der Waals surface area contributed by atoms with Crippen LogP contribution in [0, 0.1) is 6.92 Å². The molecule has 4 nitrogen and oxygen atoms in total. The van der Waals surface area contributed by atoms with E-state index in [0.29, 0.717) is 5.25 Å². The molecule has 1 N–H and O–H groups in total. The van der Waals surface area contributed by atoms with Gasteiger partial charge in [0.25, 0.3) is 0 Å². The van der Waals surface area contributed by atoms with Crippen molar-refractivity contribution in [3.63, 3.8) is 0 Å². The van der Waals surface area contributed by atoms with Crippen LogP contribution in [-0.4, -0.2) is 33.3 Å². The van der Waals surface area contributed by atoms with Crippen LogP contribution in [0.25, 0.3) is 0 Å². The molecule has 0 saturated heterocycles. The van der Waals surface area contributed by atoms with E-state index in [1.165, 1.54) is 18.4 Å². The number of aliphatic imine (C=N–C) groups is 1. The number of aromatic nitrogens is 2. The first kappa shape index (κ1) is 12.5. The van der Waals surface area contributed by atoms with E-state index in [4.69, 9.17) is 0 Å². The Kier molecular flexibility index (Phi) is 4.48. The van der Waals surface area contributed by atoms with Gasteiger partial charge in [-0.1, -0.05) is 25.1 Å². The average Bonchev–Trinajstić information content (AvgIpc) is 2.89. The molecule has 1 aliphatic heterocycles. The lowest BCUT2D eigenvalue weighted by Crippen LogP contribution is -2.24. The van der Waals surface area contributed by atoms with Gasteiger partial charge in [0.2, 0.25) is 0 Å². The third-order valence-corrected chi connectivity index (χ3v) is 3.92. The Labute approximate surface area is 107 Å². The normalized spacial score (nSPS) is 19.4. The first-order valence-corrected chi connectivity index (χ1v) is 7.10. The summed E-state index contributed by atoms with van der Waals surface area (Å²) < 4.78 is 1.96. The second-order valence-corrected chi connectivity index (χ2v) is 5.67. The summed E-state index contributed by atoms with van der Waals surface area (Å²) in [6.07, 6.45) is 6.45. The Morgan fingerprint density at radius 2 is 2.47 bits per heavy atom. The van der Waals surface area contributed by atoms with Crippen molar-refractivity contribution in [1.29, 1.82) is 0 Å². The van der Waals surface area contributed by atoms with Gasteiger partial charge in [0.05, 0.1) is 19.3 Å². The lowest BCUT2D eigenvalue weighted by atomic mass is 10.2. The third kappa shape index (κ3) is 3.77. The lowest BCUT2D eigenvalue weighted by Gasteiger charge is -2.07. The van der Waals surface area contributed by atoms with Crippen LogP contribution >= 0.6 is 11.8 Å². The second kappa shape index (κ2) is 6.10. The molecule has 17 heavy (non-hydrogen) atoms. The fourth-order valence-corrected chi connectivity index (χ4v) is 3.01. The number of nitrogens with zero attached hydrogens (tertiary/aromatic N) is 3. The SMILES string of the molecule is CCCC1CN=C(NCCn2cc(C)cn2)S1. The number of amidine groups is 1. The summed E-state index contributed by atoms with van der Waals surface area (Å²) in [5.74, 6) is 0. The van der Waals surface area contributed by atoms with Crippen LogP contribution < -0.4 is 5.32 Å². The summed E-state index contributed by atoms with van der Waals surface area (Å²) in [6.45, 7) is 7.05. The quantitative estimate of drug-likeness (QED) is 0.872. The maximum Gasteiger partial charge on any atom is 0.156 e. The highest BCUT2D eigenvalue weighted by Crippen LogP contribution is 2.23. The highest BCUT2D eigenvalue weighted by molar-refractivity contribution is 8.14.